The van der Waals surface area contributed by atoms with Crippen LogP contribution < -0.4 is 0 Å². The minimum absolute atomic E-state index is 0.252. The molecule has 1 unspecified atom stereocenters. The van der Waals surface area contributed by atoms with Crippen LogP contribution in [0.25, 0.3) is 0 Å². The molecule has 1 fully saturated rings. The van der Waals surface area contributed by atoms with Gasteiger partial charge in [-0.3, -0.25) is 13.8 Å². The molecule has 0 aromatic carbocycles. The fourth-order valence-electron chi connectivity index (χ4n) is 1.76. The molecule has 0 aromatic rings. The average molecular weight is 250 g/mol. The van der Waals surface area contributed by atoms with Gasteiger partial charge in [0, 0.05) is 6.42 Å². The maximum atomic E-state index is 11.6. The molecule has 1 aliphatic rings. The lowest BCUT2D eigenvalue weighted by Gasteiger charge is -2.22. The molecule has 7 heteroatoms. The minimum atomic E-state index is -3.67. The van der Waals surface area contributed by atoms with Crippen molar-refractivity contribution in [2.24, 2.45) is 5.41 Å². The first kappa shape index (κ1) is 13.1. The van der Waals surface area contributed by atoms with E-state index in [2.05, 4.69) is 8.92 Å². The zero-order chi connectivity index (χ0) is 12.4. The van der Waals surface area contributed by atoms with Crippen LogP contribution in [-0.2, 0) is 28.6 Å². The third-order valence-electron chi connectivity index (χ3n) is 2.64. The summed E-state index contributed by atoms with van der Waals surface area (Å²) in [6.07, 6.45) is 1.94. The molecule has 0 bridgehead atoms. The van der Waals surface area contributed by atoms with Crippen molar-refractivity contribution in [1.29, 1.82) is 0 Å². The predicted molar refractivity (Wildman–Crippen MR) is 54.1 cm³/mol. The largest absolute Gasteiger partial charge is 0.468 e. The Morgan fingerprint density at radius 2 is 2.12 bits per heavy atom. The summed E-state index contributed by atoms with van der Waals surface area (Å²) in [6, 6.07) is 0. The van der Waals surface area contributed by atoms with E-state index in [0.29, 0.717) is 6.42 Å². The normalized spacial score (nSPS) is 25.8. The zero-order valence-corrected chi connectivity index (χ0v) is 10.0. The number of hydrogen-bond donors (Lipinski definition) is 0. The van der Waals surface area contributed by atoms with Gasteiger partial charge in [0.25, 0.3) is 10.1 Å². The van der Waals surface area contributed by atoms with E-state index in [9.17, 15) is 18.0 Å². The van der Waals surface area contributed by atoms with Crippen molar-refractivity contribution >= 4 is 21.9 Å². The Hall–Kier alpha value is -0.950. The Kier molecular flexibility index (Phi) is 3.69. The molecule has 0 N–H and O–H groups in total. The van der Waals surface area contributed by atoms with Crippen molar-refractivity contribution in [1.82, 2.24) is 0 Å². The van der Waals surface area contributed by atoms with E-state index in [4.69, 9.17) is 0 Å². The molecule has 92 valence electrons. The van der Waals surface area contributed by atoms with Crippen molar-refractivity contribution in [2.45, 2.75) is 19.3 Å². The van der Waals surface area contributed by atoms with Gasteiger partial charge in [-0.15, -0.1) is 0 Å². The fraction of sp³-hybridized carbons (Fsp3) is 0.778. The highest BCUT2D eigenvalue weighted by Gasteiger charge is 2.50. The van der Waals surface area contributed by atoms with E-state index in [1.54, 1.807) is 0 Å². The maximum Gasteiger partial charge on any atom is 0.321 e. The van der Waals surface area contributed by atoms with E-state index >= 15 is 0 Å². The van der Waals surface area contributed by atoms with Crippen LogP contribution in [0.5, 0.6) is 0 Å². The van der Waals surface area contributed by atoms with Gasteiger partial charge in [-0.05, 0) is 12.8 Å². The highest BCUT2D eigenvalue weighted by molar-refractivity contribution is 7.85. The first-order valence-corrected chi connectivity index (χ1v) is 6.59. The quantitative estimate of drug-likeness (QED) is 0.392. The Morgan fingerprint density at radius 3 is 2.50 bits per heavy atom. The molecule has 0 aromatic heterocycles. The van der Waals surface area contributed by atoms with E-state index < -0.39 is 28.1 Å². The summed E-state index contributed by atoms with van der Waals surface area (Å²) in [5.74, 6) is -1.04. The summed E-state index contributed by atoms with van der Waals surface area (Å²) in [5.41, 5.74) is -1.43. The van der Waals surface area contributed by atoms with Crippen LogP contribution in [0.4, 0.5) is 0 Å². The number of ketones is 1. The maximum absolute atomic E-state index is 11.6. The SMILES string of the molecule is COC(=O)C1(COS(C)(=O)=O)CCCC1=O. The smallest absolute Gasteiger partial charge is 0.321 e. The summed E-state index contributed by atoms with van der Waals surface area (Å²) in [7, 11) is -2.51. The number of methoxy groups -OCH3 is 1. The van der Waals surface area contributed by atoms with Gasteiger partial charge < -0.3 is 4.74 Å². The number of hydrogen-bond acceptors (Lipinski definition) is 6. The molecule has 1 atom stereocenters. The highest BCUT2D eigenvalue weighted by Crippen LogP contribution is 2.36. The Labute approximate surface area is 94.0 Å². The van der Waals surface area contributed by atoms with E-state index in [1.807, 2.05) is 0 Å². The summed E-state index contributed by atoms with van der Waals surface area (Å²) in [5, 5.41) is 0. The third-order valence-corrected chi connectivity index (χ3v) is 3.18. The molecular weight excluding hydrogens is 236 g/mol. The van der Waals surface area contributed by atoms with Crippen LogP contribution in [0.1, 0.15) is 19.3 Å². The van der Waals surface area contributed by atoms with Crippen molar-refractivity contribution in [3.63, 3.8) is 0 Å². The monoisotopic (exact) mass is 250 g/mol. The lowest BCUT2D eigenvalue weighted by atomic mass is 9.86. The van der Waals surface area contributed by atoms with Crippen LogP contribution in [0.15, 0.2) is 0 Å². The fourth-order valence-corrected chi connectivity index (χ4v) is 2.18. The van der Waals surface area contributed by atoms with Crippen LogP contribution in [0.3, 0.4) is 0 Å². The zero-order valence-electron chi connectivity index (χ0n) is 9.19. The standard InChI is InChI=1S/C9H14O6S/c1-14-8(11)9(5-3-4-7(9)10)6-15-16(2,12)13/h3-6H2,1-2H3. The average Bonchev–Trinajstić information content (AvgIpc) is 2.56. The van der Waals surface area contributed by atoms with Crippen molar-refractivity contribution < 1.29 is 26.9 Å². The van der Waals surface area contributed by atoms with Crippen LogP contribution in [-0.4, -0.2) is 40.1 Å². The number of ether oxygens (including phenoxy) is 1. The van der Waals surface area contributed by atoms with Gasteiger partial charge in [0.05, 0.1) is 20.0 Å². The Bertz CT molecular complexity index is 398. The molecule has 0 heterocycles. The van der Waals surface area contributed by atoms with Crippen LogP contribution in [0, 0.1) is 5.41 Å². The Balaban J connectivity index is 2.89. The second-order valence-electron chi connectivity index (χ2n) is 3.82. The van der Waals surface area contributed by atoms with Gasteiger partial charge in [0.2, 0.25) is 0 Å². The highest BCUT2D eigenvalue weighted by atomic mass is 32.2. The van der Waals surface area contributed by atoms with Gasteiger partial charge in [-0.25, -0.2) is 0 Å². The molecule has 6 nitrogen and oxygen atoms in total. The van der Waals surface area contributed by atoms with Gasteiger partial charge in [0.1, 0.15) is 0 Å². The Morgan fingerprint density at radius 1 is 1.50 bits per heavy atom. The number of carbonyl (C=O) groups is 2. The van der Waals surface area contributed by atoms with Crippen LogP contribution in [0.2, 0.25) is 0 Å². The molecule has 0 saturated heterocycles. The molecule has 1 rings (SSSR count). The summed E-state index contributed by atoms with van der Waals surface area (Å²) in [4.78, 5) is 23.2. The van der Waals surface area contributed by atoms with E-state index in [0.717, 1.165) is 13.4 Å². The molecule has 16 heavy (non-hydrogen) atoms. The first-order valence-electron chi connectivity index (χ1n) is 4.78. The molecule has 1 saturated carbocycles. The lowest BCUT2D eigenvalue weighted by Crippen LogP contribution is -2.41. The number of esters is 1. The minimum Gasteiger partial charge on any atom is -0.468 e. The van der Waals surface area contributed by atoms with E-state index in [1.165, 1.54) is 0 Å². The van der Waals surface area contributed by atoms with Crippen LogP contribution >= 0.6 is 0 Å². The summed E-state index contributed by atoms with van der Waals surface area (Å²) < 4.78 is 30.8. The van der Waals surface area contributed by atoms with E-state index in [-0.39, 0.29) is 18.6 Å². The van der Waals surface area contributed by atoms with Gasteiger partial charge in [0.15, 0.2) is 11.2 Å². The topological polar surface area (TPSA) is 86.7 Å². The molecule has 0 radical (unpaired) electrons. The molecule has 0 spiro atoms. The second kappa shape index (κ2) is 4.50. The lowest BCUT2D eigenvalue weighted by molar-refractivity contribution is -0.158. The predicted octanol–water partition coefficient (Wildman–Crippen LogP) is -0.125. The number of carbonyl (C=O) groups excluding carboxylic acids is 2. The summed E-state index contributed by atoms with van der Waals surface area (Å²) >= 11 is 0. The second-order valence-corrected chi connectivity index (χ2v) is 5.46. The van der Waals surface area contributed by atoms with Gasteiger partial charge in [-0.2, -0.15) is 8.42 Å². The molecule has 0 aliphatic heterocycles. The van der Waals surface area contributed by atoms with Crippen molar-refractivity contribution in [2.75, 3.05) is 20.0 Å². The first-order chi connectivity index (χ1) is 7.32. The number of Topliss-reactive ketones (excluding diaryl/α,β-unsaturated/α-hetero) is 1. The summed E-state index contributed by atoms with van der Waals surface area (Å²) in [6.45, 7) is -0.461. The number of rotatable bonds is 4. The molecule has 0 amide bonds. The van der Waals surface area contributed by atoms with Crippen molar-refractivity contribution in [3.05, 3.63) is 0 Å². The molecular formula is C9H14O6S. The van der Waals surface area contributed by atoms with Crippen molar-refractivity contribution in [3.8, 4) is 0 Å². The third kappa shape index (κ3) is 2.59. The molecule has 1 aliphatic carbocycles. The van der Waals surface area contributed by atoms with Gasteiger partial charge in [-0.1, -0.05) is 0 Å². The van der Waals surface area contributed by atoms with Gasteiger partial charge >= 0.3 is 5.97 Å².